The molecule has 0 saturated carbocycles. The topological polar surface area (TPSA) is 108 Å². The highest BCUT2D eigenvalue weighted by molar-refractivity contribution is 5.08. The first-order valence-electron chi connectivity index (χ1n) is 2.08. The summed E-state index contributed by atoms with van der Waals surface area (Å²) in [5.74, 6) is 5.95. The zero-order chi connectivity index (χ0) is 5.98. The molecule has 10 heavy (non-hydrogen) atoms. The molecule has 0 radical (unpaired) electrons. The van der Waals surface area contributed by atoms with Gasteiger partial charge in [-0.2, -0.15) is 0 Å². The summed E-state index contributed by atoms with van der Waals surface area (Å²) >= 11 is 0. The fourth-order valence-electron chi connectivity index (χ4n) is 0.399. The van der Waals surface area contributed by atoms with Crippen molar-refractivity contribution in [1.82, 2.24) is 5.10 Å². The predicted octanol–water partition coefficient (Wildman–Crippen LogP) is -8.48. The minimum absolute atomic E-state index is 0. The molecule has 0 atom stereocenters. The Hall–Kier alpha value is -0.720. The van der Waals surface area contributed by atoms with Crippen molar-refractivity contribution in [1.29, 1.82) is 0 Å². The van der Waals surface area contributed by atoms with E-state index in [1.165, 1.54) is 0 Å². The maximum absolute atomic E-state index is 5.22. The van der Waals surface area contributed by atoms with E-state index < -0.39 is 0 Å². The summed E-state index contributed by atoms with van der Waals surface area (Å²) in [5, 5.41) is 5.19. The van der Waals surface area contributed by atoms with Gasteiger partial charge in [-0.25, -0.2) is 0 Å². The molecule has 0 spiro atoms. The highest BCUT2D eigenvalue weighted by Crippen LogP contribution is 1.77. The van der Waals surface area contributed by atoms with E-state index in [9.17, 15) is 0 Å². The molecule has 0 aromatic carbocycles. The van der Waals surface area contributed by atoms with E-state index >= 15 is 0 Å². The van der Waals surface area contributed by atoms with Crippen molar-refractivity contribution in [3.05, 3.63) is 0 Å². The summed E-state index contributed by atoms with van der Waals surface area (Å²) in [4.78, 5) is 2.66. The number of halogens is 2. The minimum Gasteiger partial charge on any atom is -1.00 e. The molecule has 0 fully saturated rings. The van der Waals surface area contributed by atoms with Gasteiger partial charge in [0.1, 0.15) is 0 Å². The van der Waals surface area contributed by atoms with Crippen LogP contribution in [0.1, 0.15) is 0 Å². The van der Waals surface area contributed by atoms with Crippen LogP contribution in [-0.4, -0.2) is 5.10 Å². The summed E-state index contributed by atoms with van der Waals surface area (Å²) in [7, 11) is 0. The monoisotopic (exact) mass is 186 g/mol. The van der Waals surface area contributed by atoms with Crippen molar-refractivity contribution in [2.45, 2.75) is 0 Å². The Morgan fingerprint density at radius 2 is 2.00 bits per heavy atom. The second kappa shape index (κ2) is 5.10. The van der Waals surface area contributed by atoms with Crippen molar-refractivity contribution < 1.29 is 34.9 Å². The highest BCUT2D eigenvalue weighted by Gasteiger charge is 2.08. The fraction of sp³-hybridized carbons (Fsp3) is 0. The first-order chi connectivity index (χ1) is 3.83. The Balaban J connectivity index is 0. The van der Waals surface area contributed by atoms with Gasteiger partial charge in [0.15, 0.2) is 0 Å². The molecule has 0 aliphatic carbocycles. The Kier molecular flexibility index (Phi) is 6.12. The fourth-order valence-corrected chi connectivity index (χ4v) is 0.399. The number of H-pyrrole nitrogens is 3. The molecule has 1 heterocycles. The molecule has 1 rings (SSSR count). The smallest absolute Gasteiger partial charge is 0.564 e. The Morgan fingerprint density at radius 1 is 1.40 bits per heavy atom. The van der Waals surface area contributed by atoms with Crippen LogP contribution in [-0.2, 0) is 0 Å². The van der Waals surface area contributed by atoms with Crippen LogP contribution in [0.2, 0.25) is 0 Å². The standard InChI is InChI=1S/C2H6N6.2ClH/c3-1-5-2(6-4)8-7-1;;/h4H2,(H4,3,5,6,7,8);2*1H. The molecule has 0 saturated heterocycles. The Labute approximate surface area is 69.6 Å². The van der Waals surface area contributed by atoms with Gasteiger partial charge in [-0.3, -0.25) is 0 Å². The Bertz CT molecular complexity index is 174. The van der Waals surface area contributed by atoms with Crippen molar-refractivity contribution in [3.63, 3.8) is 0 Å². The molecule has 1 aromatic rings. The largest absolute Gasteiger partial charge is 1.00 e. The van der Waals surface area contributed by atoms with Gasteiger partial charge in [0.05, 0.1) is 0 Å². The number of aromatic amines is 3. The van der Waals surface area contributed by atoms with E-state index in [-0.39, 0.29) is 24.8 Å². The number of nitrogens with two attached hydrogens (primary N) is 2. The number of anilines is 2. The summed E-state index contributed by atoms with van der Waals surface area (Å²) in [6.07, 6.45) is 0. The molecule has 0 bridgehead atoms. The van der Waals surface area contributed by atoms with Crippen LogP contribution in [0.25, 0.3) is 0 Å². The molecule has 6 nitrogen and oxygen atoms in total. The first-order valence-corrected chi connectivity index (χ1v) is 2.08. The van der Waals surface area contributed by atoms with Crippen molar-refractivity contribution in [2.24, 2.45) is 5.84 Å². The minimum atomic E-state index is 0. The molecule has 0 unspecified atom stereocenters. The van der Waals surface area contributed by atoms with Gasteiger partial charge in [-0.1, -0.05) is 5.10 Å². The number of aromatic nitrogens is 3. The summed E-state index contributed by atoms with van der Waals surface area (Å²) in [6.45, 7) is 0. The van der Waals surface area contributed by atoms with Crippen LogP contribution in [0.15, 0.2) is 0 Å². The first kappa shape index (κ1) is 12.0. The van der Waals surface area contributed by atoms with E-state index in [4.69, 9.17) is 11.6 Å². The molecule has 8 heteroatoms. The quantitative estimate of drug-likeness (QED) is 0.259. The molecule has 1 aromatic heterocycles. The molecular formula is C2H8Cl2N6. The highest BCUT2D eigenvalue weighted by atomic mass is 35.5. The number of nitrogen functional groups attached to an aromatic ring is 2. The van der Waals surface area contributed by atoms with Gasteiger partial charge in [-0.15, -0.1) is 21.4 Å². The van der Waals surface area contributed by atoms with Gasteiger partial charge in [0.25, 0.3) is 0 Å². The normalized spacial score (nSPS) is 7.30. The second-order valence-electron chi connectivity index (χ2n) is 1.31. The predicted molar refractivity (Wildman–Crippen MR) is 26.1 cm³/mol. The van der Waals surface area contributed by atoms with E-state index in [0.29, 0.717) is 11.9 Å². The van der Waals surface area contributed by atoms with E-state index in [1.807, 2.05) is 0 Å². The van der Waals surface area contributed by atoms with Crippen LogP contribution in [0.5, 0.6) is 0 Å². The third kappa shape index (κ3) is 2.72. The molecular weight excluding hydrogens is 179 g/mol. The SMILES string of the molecule is NNc1[nH+][nH]c(N)[nH+]1.[Cl-].[Cl-]. The third-order valence-electron chi connectivity index (χ3n) is 0.726. The lowest BCUT2D eigenvalue weighted by Crippen LogP contribution is -3.00. The molecule has 60 valence electrons. The number of rotatable bonds is 1. The summed E-state index contributed by atoms with van der Waals surface area (Å²) in [5.41, 5.74) is 7.54. The number of hydrazine groups is 1. The number of hydrogen-bond donors (Lipinski definition) is 4. The maximum Gasteiger partial charge on any atom is 0.564 e. The Morgan fingerprint density at radius 3 is 2.20 bits per heavy atom. The van der Waals surface area contributed by atoms with Gasteiger partial charge < -0.3 is 30.5 Å². The average Bonchev–Trinajstić information content (AvgIpc) is 2.14. The molecule has 0 aliphatic rings. The van der Waals surface area contributed by atoms with E-state index in [1.54, 1.807) is 0 Å². The van der Waals surface area contributed by atoms with Crippen molar-refractivity contribution in [2.75, 3.05) is 11.2 Å². The second-order valence-corrected chi connectivity index (χ2v) is 1.31. The number of nitrogens with one attached hydrogen (secondary N) is 4. The zero-order valence-corrected chi connectivity index (χ0v) is 6.42. The summed E-state index contributed by atoms with van der Waals surface area (Å²) in [6, 6.07) is 0. The molecule has 8 N–H and O–H groups in total. The van der Waals surface area contributed by atoms with Gasteiger partial charge in [-0.05, 0) is 0 Å². The average molecular weight is 187 g/mol. The van der Waals surface area contributed by atoms with Crippen molar-refractivity contribution in [3.8, 4) is 0 Å². The van der Waals surface area contributed by atoms with E-state index in [2.05, 4.69) is 20.6 Å². The number of hydrogen-bond acceptors (Lipinski definition) is 3. The van der Waals surface area contributed by atoms with E-state index in [0.717, 1.165) is 0 Å². The zero-order valence-electron chi connectivity index (χ0n) is 4.91. The maximum atomic E-state index is 5.22. The lowest BCUT2D eigenvalue weighted by atomic mass is 11.0. The van der Waals surface area contributed by atoms with Gasteiger partial charge >= 0.3 is 11.9 Å². The van der Waals surface area contributed by atoms with Crippen LogP contribution in [0.3, 0.4) is 0 Å². The summed E-state index contributed by atoms with van der Waals surface area (Å²) < 4.78 is 0. The van der Waals surface area contributed by atoms with Gasteiger partial charge in [0.2, 0.25) is 0 Å². The molecule has 0 amide bonds. The van der Waals surface area contributed by atoms with Crippen molar-refractivity contribution >= 4 is 11.9 Å². The molecule has 0 aliphatic heterocycles. The van der Waals surface area contributed by atoms with Gasteiger partial charge in [0, 0.05) is 0 Å². The lowest BCUT2D eigenvalue weighted by Gasteiger charge is -1.66. The van der Waals surface area contributed by atoms with Crippen LogP contribution in [0.4, 0.5) is 11.9 Å². The van der Waals surface area contributed by atoms with Crippen LogP contribution in [0, 0.1) is 0 Å². The van der Waals surface area contributed by atoms with Crippen LogP contribution < -0.4 is 51.9 Å². The lowest BCUT2D eigenvalue weighted by molar-refractivity contribution is -0.489. The third-order valence-corrected chi connectivity index (χ3v) is 0.726. The van der Waals surface area contributed by atoms with Crippen LogP contribution >= 0.6 is 0 Å².